The maximum absolute atomic E-state index is 13.3. The fraction of sp³-hybridized carbons (Fsp3) is 0.350. The molecular weight excluding hydrogens is 348 g/mol. The summed E-state index contributed by atoms with van der Waals surface area (Å²) in [5.41, 5.74) is 2.71. The van der Waals surface area contributed by atoms with E-state index in [2.05, 4.69) is 6.07 Å². The number of aryl methyl sites for hydroxylation is 2. The van der Waals surface area contributed by atoms with Gasteiger partial charge in [0.2, 0.25) is 0 Å². The average molecular weight is 370 g/mol. The van der Waals surface area contributed by atoms with Crippen molar-refractivity contribution in [2.24, 2.45) is 0 Å². The predicted octanol–water partition coefficient (Wildman–Crippen LogP) is 3.90. The van der Waals surface area contributed by atoms with Crippen molar-refractivity contribution < 1.29 is 19.2 Å². The van der Waals surface area contributed by atoms with Crippen molar-refractivity contribution >= 4 is 17.3 Å². The molecule has 0 atom stereocenters. The van der Waals surface area contributed by atoms with Gasteiger partial charge in [-0.05, 0) is 38.3 Å². The van der Waals surface area contributed by atoms with Gasteiger partial charge in [-0.2, -0.15) is 0 Å². The van der Waals surface area contributed by atoms with Gasteiger partial charge in [-0.1, -0.05) is 17.7 Å². The molecule has 7 heteroatoms. The van der Waals surface area contributed by atoms with Gasteiger partial charge >= 0.3 is 0 Å². The van der Waals surface area contributed by atoms with Gasteiger partial charge in [-0.25, -0.2) is 0 Å². The standard InChI is InChI=1S/C20H22N2O5/c1-4-27-19-11-15(17(22(24)25)12-18(19)26-3)20(23)21-9-5-6-14-10-13(2)7-8-16(14)21/h7-8,10-12H,4-6,9H2,1-3H3. The van der Waals surface area contributed by atoms with Gasteiger partial charge in [0.1, 0.15) is 5.56 Å². The molecule has 27 heavy (non-hydrogen) atoms. The number of carbonyl (C=O) groups excluding carboxylic acids is 1. The number of methoxy groups -OCH3 is 1. The maximum Gasteiger partial charge on any atom is 0.286 e. The lowest BCUT2D eigenvalue weighted by Gasteiger charge is -2.30. The van der Waals surface area contributed by atoms with Gasteiger partial charge in [-0.3, -0.25) is 14.9 Å². The topological polar surface area (TPSA) is 81.9 Å². The van der Waals surface area contributed by atoms with Crippen LogP contribution in [0.15, 0.2) is 30.3 Å². The number of amides is 1. The third-order valence-corrected chi connectivity index (χ3v) is 4.61. The third kappa shape index (κ3) is 3.58. The van der Waals surface area contributed by atoms with Crippen molar-refractivity contribution in [1.82, 2.24) is 0 Å². The highest BCUT2D eigenvalue weighted by Gasteiger charge is 2.31. The Morgan fingerprint density at radius 3 is 2.70 bits per heavy atom. The molecule has 1 aliphatic rings. The van der Waals surface area contributed by atoms with Crippen LogP contribution in [-0.2, 0) is 6.42 Å². The van der Waals surface area contributed by atoms with E-state index in [1.807, 2.05) is 19.1 Å². The minimum atomic E-state index is -0.564. The lowest BCUT2D eigenvalue weighted by atomic mass is 9.98. The molecule has 0 saturated carbocycles. The Morgan fingerprint density at radius 1 is 1.26 bits per heavy atom. The Kier molecular flexibility index (Phi) is 5.30. The molecule has 1 heterocycles. The second kappa shape index (κ2) is 7.65. The number of nitrogens with zero attached hydrogens (tertiary/aromatic N) is 2. The summed E-state index contributed by atoms with van der Waals surface area (Å²) in [7, 11) is 1.41. The Balaban J connectivity index is 2.09. The Hall–Kier alpha value is -3.09. The molecule has 3 rings (SSSR count). The maximum atomic E-state index is 13.3. The molecular formula is C20H22N2O5. The van der Waals surface area contributed by atoms with Gasteiger partial charge in [-0.15, -0.1) is 0 Å². The highest BCUT2D eigenvalue weighted by molar-refractivity contribution is 6.09. The smallest absolute Gasteiger partial charge is 0.286 e. The van der Waals surface area contributed by atoms with Crippen LogP contribution in [0, 0.1) is 17.0 Å². The highest BCUT2D eigenvalue weighted by Crippen LogP contribution is 2.37. The summed E-state index contributed by atoms with van der Waals surface area (Å²) in [4.78, 5) is 25.9. The van der Waals surface area contributed by atoms with Crippen LogP contribution in [0.3, 0.4) is 0 Å². The van der Waals surface area contributed by atoms with E-state index in [0.29, 0.717) is 18.9 Å². The number of fused-ring (bicyclic) bond motifs is 1. The van der Waals surface area contributed by atoms with Crippen molar-refractivity contribution in [2.45, 2.75) is 26.7 Å². The minimum Gasteiger partial charge on any atom is -0.493 e. The van der Waals surface area contributed by atoms with Crippen LogP contribution in [0.4, 0.5) is 11.4 Å². The fourth-order valence-corrected chi connectivity index (χ4v) is 3.38. The number of carbonyl (C=O) groups is 1. The zero-order valence-corrected chi connectivity index (χ0v) is 15.7. The van der Waals surface area contributed by atoms with Crippen molar-refractivity contribution in [3.05, 3.63) is 57.1 Å². The number of nitro benzene ring substituents is 1. The molecule has 0 aromatic heterocycles. The molecule has 7 nitrogen and oxygen atoms in total. The van der Waals surface area contributed by atoms with E-state index >= 15 is 0 Å². The molecule has 142 valence electrons. The number of ether oxygens (including phenoxy) is 2. The number of hydrogen-bond donors (Lipinski definition) is 0. The monoisotopic (exact) mass is 370 g/mol. The van der Waals surface area contributed by atoms with Crippen LogP contribution in [0.5, 0.6) is 11.5 Å². The van der Waals surface area contributed by atoms with Gasteiger partial charge in [0.25, 0.3) is 11.6 Å². The van der Waals surface area contributed by atoms with Gasteiger partial charge in [0, 0.05) is 18.3 Å². The van der Waals surface area contributed by atoms with Crippen molar-refractivity contribution in [3.63, 3.8) is 0 Å². The summed E-state index contributed by atoms with van der Waals surface area (Å²) in [6.07, 6.45) is 1.69. The predicted molar refractivity (Wildman–Crippen MR) is 102 cm³/mol. The molecule has 0 radical (unpaired) electrons. The van der Waals surface area contributed by atoms with Crippen LogP contribution in [-0.4, -0.2) is 31.1 Å². The van der Waals surface area contributed by atoms with Gasteiger partial charge in [0.05, 0.1) is 24.7 Å². The summed E-state index contributed by atoms with van der Waals surface area (Å²) in [6.45, 7) is 4.67. The summed E-state index contributed by atoms with van der Waals surface area (Å²) >= 11 is 0. The van der Waals surface area contributed by atoms with E-state index in [9.17, 15) is 14.9 Å². The zero-order valence-electron chi connectivity index (χ0n) is 15.7. The van der Waals surface area contributed by atoms with E-state index in [-0.39, 0.29) is 17.0 Å². The first-order valence-corrected chi connectivity index (χ1v) is 8.86. The minimum absolute atomic E-state index is 0.00215. The second-order valence-corrected chi connectivity index (χ2v) is 6.40. The third-order valence-electron chi connectivity index (χ3n) is 4.61. The summed E-state index contributed by atoms with van der Waals surface area (Å²) in [6, 6.07) is 8.56. The van der Waals surface area contributed by atoms with E-state index in [4.69, 9.17) is 9.47 Å². The summed E-state index contributed by atoms with van der Waals surface area (Å²) < 4.78 is 10.7. The highest BCUT2D eigenvalue weighted by atomic mass is 16.6. The zero-order chi connectivity index (χ0) is 19.6. The molecule has 0 unspecified atom stereocenters. The molecule has 1 amide bonds. The van der Waals surface area contributed by atoms with Gasteiger partial charge < -0.3 is 14.4 Å². The quantitative estimate of drug-likeness (QED) is 0.589. The van der Waals surface area contributed by atoms with Crippen LogP contribution in [0.2, 0.25) is 0 Å². The van der Waals surface area contributed by atoms with Crippen molar-refractivity contribution in [2.75, 3.05) is 25.2 Å². The van der Waals surface area contributed by atoms with Crippen molar-refractivity contribution in [3.8, 4) is 11.5 Å². The van der Waals surface area contributed by atoms with Crippen LogP contribution in [0.25, 0.3) is 0 Å². The van der Waals surface area contributed by atoms with E-state index < -0.39 is 10.8 Å². The van der Waals surface area contributed by atoms with Crippen LogP contribution < -0.4 is 14.4 Å². The summed E-state index contributed by atoms with van der Waals surface area (Å²) in [5, 5.41) is 11.6. The van der Waals surface area contributed by atoms with E-state index in [0.717, 1.165) is 29.7 Å². The number of nitro groups is 1. The molecule has 2 aromatic rings. The number of hydrogen-bond acceptors (Lipinski definition) is 5. The van der Waals surface area contributed by atoms with E-state index in [1.165, 1.54) is 19.2 Å². The number of rotatable bonds is 5. The van der Waals surface area contributed by atoms with Crippen LogP contribution in [0.1, 0.15) is 34.8 Å². The molecule has 0 aliphatic carbocycles. The largest absolute Gasteiger partial charge is 0.493 e. The molecule has 0 fully saturated rings. The molecule has 0 bridgehead atoms. The lowest BCUT2D eigenvalue weighted by Crippen LogP contribution is -2.35. The van der Waals surface area contributed by atoms with Crippen molar-refractivity contribution in [1.29, 1.82) is 0 Å². The number of benzene rings is 2. The fourth-order valence-electron chi connectivity index (χ4n) is 3.38. The Bertz CT molecular complexity index is 894. The average Bonchev–Trinajstić information content (AvgIpc) is 2.66. The molecule has 1 aliphatic heterocycles. The van der Waals surface area contributed by atoms with E-state index in [1.54, 1.807) is 11.8 Å². The normalized spacial score (nSPS) is 13.1. The first-order valence-electron chi connectivity index (χ1n) is 8.86. The Labute approximate surface area is 157 Å². The molecule has 0 N–H and O–H groups in total. The number of anilines is 1. The molecule has 0 spiro atoms. The second-order valence-electron chi connectivity index (χ2n) is 6.40. The van der Waals surface area contributed by atoms with Gasteiger partial charge in [0.15, 0.2) is 11.5 Å². The first-order chi connectivity index (χ1) is 13.0. The SMILES string of the molecule is CCOc1cc(C(=O)N2CCCc3cc(C)ccc32)c([N+](=O)[O-])cc1OC. The van der Waals surface area contributed by atoms with Crippen LogP contribution >= 0.6 is 0 Å². The molecule has 2 aromatic carbocycles. The Morgan fingerprint density at radius 2 is 2.04 bits per heavy atom. The first kappa shape index (κ1) is 18.7. The summed E-state index contributed by atoms with van der Waals surface area (Å²) in [5.74, 6) is 0.139. The molecule has 0 saturated heterocycles. The lowest BCUT2D eigenvalue weighted by molar-refractivity contribution is -0.385.